The molecule has 1 atom stereocenters. The number of carbonyl (C=O) groups excluding carboxylic acids is 1. The van der Waals surface area contributed by atoms with Crippen molar-refractivity contribution in [3.8, 4) is 0 Å². The van der Waals surface area contributed by atoms with Crippen LogP contribution < -0.4 is 5.32 Å². The van der Waals surface area contributed by atoms with E-state index >= 15 is 0 Å². The molecule has 4 rings (SSSR count). The molecule has 5 nitrogen and oxygen atoms in total. The van der Waals surface area contributed by atoms with Crippen LogP contribution in [0.25, 0.3) is 0 Å². The molecule has 20 heavy (non-hydrogen) atoms. The van der Waals surface area contributed by atoms with Gasteiger partial charge in [-0.25, -0.2) is 0 Å². The summed E-state index contributed by atoms with van der Waals surface area (Å²) in [5, 5.41) is 10.8. The first kappa shape index (κ1) is 11.9. The number of hydrogen-bond acceptors (Lipinski definition) is 3. The molecule has 102 valence electrons. The second-order valence-electron chi connectivity index (χ2n) is 5.38. The van der Waals surface area contributed by atoms with Crippen molar-refractivity contribution in [2.45, 2.75) is 31.1 Å². The summed E-state index contributed by atoms with van der Waals surface area (Å²) < 4.78 is 0. The number of anilines is 1. The van der Waals surface area contributed by atoms with Crippen molar-refractivity contribution in [1.82, 2.24) is 15.2 Å². The van der Waals surface area contributed by atoms with Crippen molar-refractivity contribution in [2.24, 2.45) is 0 Å². The van der Waals surface area contributed by atoms with E-state index in [-0.39, 0.29) is 11.8 Å². The number of pyridine rings is 1. The van der Waals surface area contributed by atoms with E-state index < -0.39 is 0 Å². The van der Waals surface area contributed by atoms with Gasteiger partial charge >= 0.3 is 0 Å². The second-order valence-corrected chi connectivity index (χ2v) is 5.82. The Kier molecular flexibility index (Phi) is 2.57. The third kappa shape index (κ3) is 1.89. The minimum atomic E-state index is -0.0367. The maximum absolute atomic E-state index is 11.9. The molecule has 1 aliphatic heterocycles. The van der Waals surface area contributed by atoms with Crippen molar-refractivity contribution in [3.63, 3.8) is 0 Å². The Hall–Kier alpha value is -1.88. The minimum Gasteiger partial charge on any atom is -0.309 e. The van der Waals surface area contributed by atoms with Crippen LogP contribution in [0.3, 0.4) is 0 Å². The van der Waals surface area contributed by atoms with Crippen LogP contribution in [0, 0.1) is 0 Å². The number of H-pyrrole nitrogens is 1. The van der Waals surface area contributed by atoms with Gasteiger partial charge in [0.2, 0.25) is 5.91 Å². The van der Waals surface area contributed by atoms with E-state index in [2.05, 4.69) is 20.5 Å². The molecule has 0 saturated heterocycles. The number of fused-ring (bicyclic) bond motifs is 1. The zero-order valence-corrected chi connectivity index (χ0v) is 11.4. The number of amides is 1. The Morgan fingerprint density at radius 1 is 1.30 bits per heavy atom. The number of aromatic amines is 1. The lowest BCUT2D eigenvalue weighted by atomic mass is 9.87. The lowest BCUT2D eigenvalue weighted by Gasteiger charge is -2.22. The van der Waals surface area contributed by atoms with Gasteiger partial charge in [0.05, 0.1) is 5.02 Å². The molecule has 1 unspecified atom stereocenters. The molecular formula is C14H13ClN4O. The van der Waals surface area contributed by atoms with E-state index in [0.29, 0.717) is 23.2 Å². The minimum absolute atomic E-state index is 0.0203. The SMILES string of the molecule is O=C1CC(c2ccc(Cl)cn2)c2c(n[nH]c2C2CC2)N1. The lowest BCUT2D eigenvalue weighted by Crippen LogP contribution is -2.24. The van der Waals surface area contributed by atoms with Gasteiger partial charge < -0.3 is 5.32 Å². The van der Waals surface area contributed by atoms with E-state index in [9.17, 15) is 4.79 Å². The van der Waals surface area contributed by atoms with Crippen LogP contribution in [0.2, 0.25) is 5.02 Å². The standard InChI is InChI=1S/C14H13ClN4O/c15-8-3-4-10(16-6-8)9-5-11(20)17-14-12(9)13(18-19-14)7-1-2-7/h3-4,6-7,9H,1-2,5H2,(H2,17,18,19,20). The summed E-state index contributed by atoms with van der Waals surface area (Å²) in [6, 6.07) is 3.70. The monoisotopic (exact) mass is 288 g/mol. The van der Waals surface area contributed by atoms with E-state index in [1.165, 1.54) is 12.8 Å². The molecular weight excluding hydrogens is 276 g/mol. The van der Waals surface area contributed by atoms with Crippen LogP contribution in [0.1, 0.15) is 48.0 Å². The molecule has 1 amide bonds. The number of hydrogen-bond donors (Lipinski definition) is 2. The smallest absolute Gasteiger partial charge is 0.226 e. The summed E-state index contributed by atoms with van der Waals surface area (Å²) in [5.74, 6) is 1.15. The fourth-order valence-corrected chi connectivity index (χ4v) is 2.92. The highest BCUT2D eigenvalue weighted by Gasteiger charge is 2.37. The fourth-order valence-electron chi connectivity index (χ4n) is 2.81. The van der Waals surface area contributed by atoms with Crippen molar-refractivity contribution in [1.29, 1.82) is 0 Å². The number of nitrogens with one attached hydrogen (secondary N) is 2. The Morgan fingerprint density at radius 3 is 2.85 bits per heavy atom. The maximum Gasteiger partial charge on any atom is 0.226 e. The quantitative estimate of drug-likeness (QED) is 0.892. The molecule has 1 fully saturated rings. The van der Waals surface area contributed by atoms with Gasteiger partial charge in [0.25, 0.3) is 0 Å². The van der Waals surface area contributed by atoms with E-state index in [4.69, 9.17) is 11.6 Å². The summed E-state index contributed by atoms with van der Waals surface area (Å²) in [5.41, 5.74) is 3.12. The molecule has 0 radical (unpaired) electrons. The first-order valence-corrected chi connectivity index (χ1v) is 7.09. The second kappa shape index (κ2) is 4.31. The summed E-state index contributed by atoms with van der Waals surface area (Å²) >= 11 is 5.89. The normalized spacial score (nSPS) is 21.4. The van der Waals surface area contributed by atoms with Gasteiger partial charge in [-0.1, -0.05) is 11.6 Å². The highest BCUT2D eigenvalue weighted by molar-refractivity contribution is 6.30. The molecule has 0 bridgehead atoms. The van der Waals surface area contributed by atoms with Crippen molar-refractivity contribution in [3.05, 3.63) is 40.3 Å². The molecule has 1 saturated carbocycles. The zero-order valence-electron chi connectivity index (χ0n) is 10.7. The average molecular weight is 289 g/mol. The number of carbonyl (C=O) groups is 1. The zero-order chi connectivity index (χ0) is 13.7. The van der Waals surface area contributed by atoms with Gasteiger partial charge in [-0.05, 0) is 25.0 Å². The molecule has 1 aliphatic carbocycles. The van der Waals surface area contributed by atoms with E-state index in [1.807, 2.05) is 12.1 Å². The Balaban J connectivity index is 1.82. The van der Waals surface area contributed by atoms with Crippen LogP contribution in [0.4, 0.5) is 5.82 Å². The molecule has 0 spiro atoms. The topological polar surface area (TPSA) is 70.7 Å². The number of nitrogens with zero attached hydrogens (tertiary/aromatic N) is 2. The highest BCUT2D eigenvalue weighted by Crippen LogP contribution is 2.47. The fraction of sp³-hybridized carbons (Fsp3) is 0.357. The molecule has 2 N–H and O–H groups in total. The highest BCUT2D eigenvalue weighted by atomic mass is 35.5. The van der Waals surface area contributed by atoms with Crippen LogP contribution in [-0.2, 0) is 4.79 Å². The summed E-state index contributed by atoms with van der Waals surface area (Å²) in [6.45, 7) is 0. The predicted molar refractivity (Wildman–Crippen MR) is 74.9 cm³/mol. The molecule has 0 aromatic carbocycles. The van der Waals surface area contributed by atoms with E-state index in [0.717, 1.165) is 17.0 Å². The Morgan fingerprint density at radius 2 is 2.15 bits per heavy atom. The largest absolute Gasteiger partial charge is 0.309 e. The van der Waals surface area contributed by atoms with Crippen molar-refractivity contribution < 1.29 is 4.79 Å². The Labute approximate surface area is 120 Å². The molecule has 2 aliphatic rings. The van der Waals surface area contributed by atoms with Gasteiger partial charge in [0, 0.05) is 41.4 Å². The van der Waals surface area contributed by atoms with Gasteiger partial charge in [-0.2, -0.15) is 5.10 Å². The van der Waals surface area contributed by atoms with Crippen LogP contribution in [0.15, 0.2) is 18.3 Å². The first-order valence-electron chi connectivity index (χ1n) is 6.72. The predicted octanol–water partition coefficient (Wildman–Crippen LogP) is 2.81. The van der Waals surface area contributed by atoms with Crippen LogP contribution in [0.5, 0.6) is 0 Å². The van der Waals surface area contributed by atoms with Gasteiger partial charge in [-0.3, -0.25) is 14.9 Å². The van der Waals surface area contributed by atoms with E-state index in [1.54, 1.807) is 6.20 Å². The van der Waals surface area contributed by atoms with Gasteiger partial charge in [0.15, 0.2) is 5.82 Å². The number of halogens is 1. The molecule has 2 aromatic heterocycles. The summed E-state index contributed by atoms with van der Waals surface area (Å²) in [7, 11) is 0. The Bertz CT molecular complexity index is 675. The number of aromatic nitrogens is 3. The average Bonchev–Trinajstić information content (AvgIpc) is 3.19. The molecule has 2 aromatic rings. The third-order valence-corrected chi connectivity index (χ3v) is 4.15. The maximum atomic E-state index is 11.9. The lowest BCUT2D eigenvalue weighted by molar-refractivity contribution is -0.116. The van der Waals surface area contributed by atoms with Crippen LogP contribution >= 0.6 is 11.6 Å². The molecule has 6 heteroatoms. The van der Waals surface area contributed by atoms with Crippen LogP contribution in [-0.4, -0.2) is 21.1 Å². The third-order valence-electron chi connectivity index (χ3n) is 3.92. The summed E-state index contributed by atoms with van der Waals surface area (Å²) in [6.07, 6.45) is 4.40. The molecule has 3 heterocycles. The van der Waals surface area contributed by atoms with Crippen molar-refractivity contribution >= 4 is 23.3 Å². The summed E-state index contributed by atoms with van der Waals surface area (Å²) in [4.78, 5) is 16.2. The first-order chi connectivity index (χ1) is 9.72. The number of rotatable bonds is 2. The van der Waals surface area contributed by atoms with Crippen molar-refractivity contribution in [2.75, 3.05) is 5.32 Å². The van der Waals surface area contributed by atoms with Gasteiger partial charge in [0.1, 0.15) is 0 Å². The van der Waals surface area contributed by atoms with Gasteiger partial charge in [-0.15, -0.1) is 0 Å².